The number of rotatable bonds is 15. The molecule has 0 unspecified atom stereocenters. The van der Waals surface area contributed by atoms with Crippen molar-refractivity contribution in [2.45, 2.75) is 51.1 Å². The Bertz CT molecular complexity index is 1690. The predicted octanol–water partition coefficient (Wildman–Crippen LogP) is 6.32. The van der Waals surface area contributed by atoms with Crippen LogP contribution in [-0.4, -0.2) is 51.4 Å². The van der Waals surface area contributed by atoms with E-state index < -0.39 is 28.5 Å². The number of aryl methyl sites for hydroxylation is 1. The molecule has 9 nitrogen and oxygen atoms in total. The van der Waals surface area contributed by atoms with Crippen molar-refractivity contribution in [2.75, 3.05) is 24.5 Å². The zero-order valence-corrected chi connectivity index (χ0v) is 27.5. The van der Waals surface area contributed by atoms with Crippen molar-refractivity contribution in [2.24, 2.45) is 0 Å². The van der Waals surface area contributed by atoms with Gasteiger partial charge >= 0.3 is 0 Å². The van der Waals surface area contributed by atoms with Crippen LogP contribution >= 0.6 is 0 Å². The Kier molecular flexibility index (Phi) is 11.8. The van der Waals surface area contributed by atoms with Gasteiger partial charge in [0.05, 0.1) is 17.7 Å². The maximum Gasteiger partial charge on any atom is 0.264 e. The average Bonchev–Trinajstić information content (AvgIpc) is 3.07. The number of ether oxygens (including phenoxy) is 2. The first-order valence-corrected chi connectivity index (χ1v) is 16.7. The van der Waals surface area contributed by atoms with Crippen LogP contribution < -0.4 is 19.1 Å². The number of carbonyl (C=O) groups is 2. The van der Waals surface area contributed by atoms with Gasteiger partial charge in [-0.1, -0.05) is 61.9 Å². The first-order chi connectivity index (χ1) is 22.2. The number of nitrogens with zero attached hydrogens (tertiary/aromatic N) is 2. The van der Waals surface area contributed by atoms with Crippen molar-refractivity contribution in [3.8, 4) is 17.2 Å². The second kappa shape index (κ2) is 15.9. The summed E-state index contributed by atoms with van der Waals surface area (Å²) < 4.78 is 40.7. The molecule has 10 heteroatoms. The highest BCUT2D eigenvalue weighted by Gasteiger charge is 2.33. The van der Waals surface area contributed by atoms with Crippen LogP contribution in [0, 0.1) is 6.92 Å². The summed E-state index contributed by atoms with van der Waals surface area (Å²) in [5.41, 5.74) is 1.92. The molecule has 0 bridgehead atoms. The third-order valence-electron chi connectivity index (χ3n) is 7.41. The number of sulfonamides is 1. The summed E-state index contributed by atoms with van der Waals surface area (Å²) in [6, 6.07) is 28.6. The Morgan fingerprint density at radius 3 is 2.11 bits per heavy atom. The third kappa shape index (κ3) is 8.66. The van der Waals surface area contributed by atoms with Crippen LogP contribution in [-0.2, 0) is 26.2 Å². The molecule has 0 saturated carbocycles. The van der Waals surface area contributed by atoms with E-state index in [-0.39, 0.29) is 23.0 Å². The van der Waals surface area contributed by atoms with Crippen LogP contribution in [0.3, 0.4) is 0 Å². The second-order valence-corrected chi connectivity index (χ2v) is 12.7. The number of hydrogen-bond donors (Lipinski definition) is 1. The number of para-hydroxylation sites is 1. The molecule has 0 aliphatic heterocycles. The monoisotopic (exact) mass is 643 g/mol. The van der Waals surface area contributed by atoms with Crippen LogP contribution in [0.4, 0.5) is 5.69 Å². The van der Waals surface area contributed by atoms with Crippen LogP contribution in [0.2, 0.25) is 0 Å². The number of benzene rings is 4. The van der Waals surface area contributed by atoms with E-state index in [4.69, 9.17) is 9.47 Å². The number of carbonyl (C=O) groups excluding carboxylic acids is 2. The second-order valence-electron chi connectivity index (χ2n) is 10.8. The van der Waals surface area contributed by atoms with Crippen molar-refractivity contribution < 1.29 is 27.5 Å². The van der Waals surface area contributed by atoms with Crippen molar-refractivity contribution in [1.82, 2.24) is 10.2 Å². The minimum Gasteiger partial charge on any atom is -0.497 e. The fraction of sp³-hybridized carbons (Fsp3) is 0.278. The Morgan fingerprint density at radius 1 is 0.826 bits per heavy atom. The summed E-state index contributed by atoms with van der Waals surface area (Å²) in [7, 11) is -2.64. The molecule has 4 aromatic carbocycles. The number of hydrogen-bond acceptors (Lipinski definition) is 6. The molecule has 1 N–H and O–H groups in total. The molecule has 4 rings (SSSR count). The highest BCUT2D eigenvalue weighted by Crippen LogP contribution is 2.29. The predicted molar refractivity (Wildman–Crippen MR) is 180 cm³/mol. The molecule has 2 amide bonds. The van der Waals surface area contributed by atoms with Gasteiger partial charge in [-0.25, -0.2) is 8.42 Å². The highest BCUT2D eigenvalue weighted by molar-refractivity contribution is 7.92. The molecule has 0 fully saturated rings. The Morgan fingerprint density at radius 2 is 1.48 bits per heavy atom. The summed E-state index contributed by atoms with van der Waals surface area (Å²) in [6.45, 7) is 5.65. The summed E-state index contributed by atoms with van der Waals surface area (Å²) in [5.74, 6) is 0.925. The topological polar surface area (TPSA) is 105 Å². The van der Waals surface area contributed by atoms with Crippen LogP contribution in [0.25, 0.3) is 0 Å². The minimum atomic E-state index is -4.20. The van der Waals surface area contributed by atoms with E-state index in [9.17, 15) is 18.0 Å². The fourth-order valence-corrected chi connectivity index (χ4v) is 6.34. The zero-order valence-electron chi connectivity index (χ0n) is 26.7. The van der Waals surface area contributed by atoms with Gasteiger partial charge in [0.25, 0.3) is 10.0 Å². The lowest BCUT2D eigenvalue weighted by Crippen LogP contribution is -2.52. The molecule has 0 aliphatic carbocycles. The van der Waals surface area contributed by atoms with Gasteiger partial charge in [-0.05, 0) is 86.0 Å². The standard InChI is InChI=1S/C36H41N3O6S/c1-5-23-37-36(41)34(6-2)38(25-28-11-10-14-32(24-28)44-4)35(40)26-39(46(42,43)33-21-15-27(3)16-22-33)29-17-19-31(20-18-29)45-30-12-8-7-9-13-30/h7-22,24,34H,5-6,23,25-26H2,1-4H3,(H,37,41)/t34-/m0/s1. The van der Waals surface area contributed by atoms with E-state index in [0.29, 0.717) is 30.2 Å². The van der Waals surface area contributed by atoms with Crippen LogP contribution in [0.15, 0.2) is 108 Å². The van der Waals surface area contributed by atoms with Gasteiger partial charge in [0.1, 0.15) is 29.8 Å². The molecule has 0 heterocycles. The van der Waals surface area contributed by atoms with Crippen LogP contribution in [0.5, 0.6) is 17.2 Å². The molecule has 0 spiro atoms. The van der Waals surface area contributed by atoms with Crippen molar-refractivity contribution in [1.29, 1.82) is 0 Å². The molecular weight excluding hydrogens is 602 g/mol. The SMILES string of the molecule is CCCNC(=O)[C@H](CC)N(Cc1cccc(OC)c1)C(=O)CN(c1ccc(Oc2ccccc2)cc1)S(=O)(=O)c1ccc(C)cc1. The molecule has 1 atom stereocenters. The van der Waals surface area contributed by atoms with Crippen molar-refractivity contribution >= 4 is 27.5 Å². The maximum atomic E-state index is 14.3. The highest BCUT2D eigenvalue weighted by atomic mass is 32.2. The first kappa shape index (κ1) is 34.1. The number of nitrogens with one attached hydrogen (secondary N) is 1. The van der Waals surface area contributed by atoms with Gasteiger partial charge in [0.15, 0.2) is 0 Å². The Labute approximate surface area is 271 Å². The maximum absolute atomic E-state index is 14.3. The van der Waals surface area contributed by atoms with Gasteiger partial charge in [0, 0.05) is 13.1 Å². The molecular formula is C36H41N3O6S. The summed E-state index contributed by atoms with van der Waals surface area (Å²) in [4.78, 5) is 29.1. The van der Waals surface area contributed by atoms with E-state index >= 15 is 0 Å². The molecule has 242 valence electrons. The van der Waals surface area contributed by atoms with E-state index in [0.717, 1.165) is 21.9 Å². The average molecular weight is 644 g/mol. The summed E-state index contributed by atoms with van der Waals surface area (Å²) in [5, 5.41) is 2.90. The number of amides is 2. The Hall–Kier alpha value is -4.83. The normalized spacial score (nSPS) is 11.7. The van der Waals surface area contributed by atoms with E-state index in [1.54, 1.807) is 55.6 Å². The van der Waals surface area contributed by atoms with Gasteiger partial charge in [0.2, 0.25) is 11.8 Å². The molecule has 46 heavy (non-hydrogen) atoms. The number of methoxy groups -OCH3 is 1. The smallest absolute Gasteiger partial charge is 0.264 e. The van der Waals surface area contributed by atoms with Gasteiger partial charge in [-0.3, -0.25) is 13.9 Å². The Balaban J connectivity index is 1.73. The lowest BCUT2D eigenvalue weighted by Gasteiger charge is -2.33. The first-order valence-electron chi connectivity index (χ1n) is 15.3. The molecule has 0 aromatic heterocycles. The molecule has 0 saturated heterocycles. The van der Waals surface area contributed by atoms with Crippen LogP contribution in [0.1, 0.15) is 37.8 Å². The largest absolute Gasteiger partial charge is 0.497 e. The fourth-order valence-electron chi connectivity index (χ4n) is 4.92. The van der Waals surface area contributed by atoms with Gasteiger partial charge < -0.3 is 19.7 Å². The minimum absolute atomic E-state index is 0.0441. The summed E-state index contributed by atoms with van der Waals surface area (Å²) >= 11 is 0. The zero-order chi connectivity index (χ0) is 33.1. The van der Waals surface area contributed by atoms with Gasteiger partial charge in [-0.2, -0.15) is 0 Å². The molecule has 0 radical (unpaired) electrons. The quantitative estimate of drug-likeness (QED) is 0.163. The molecule has 4 aromatic rings. The van der Waals surface area contributed by atoms with E-state index in [2.05, 4.69) is 5.32 Å². The molecule has 0 aliphatic rings. The van der Waals surface area contributed by atoms with E-state index in [1.165, 1.54) is 17.0 Å². The lowest BCUT2D eigenvalue weighted by atomic mass is 10.1. The third-order valence-corrected chi connectivity index (χ3v) is 9.20. The van der Waals surface area contributed by atoms with Gasteiger partial charge in [-0.15, -0.1) is 0 Å². The van der Waals surface area contributed by atoms with Crippen molar-refractivity contribution in [3.63, 3.8) is 0 Å². The lowest BCUT2D eigenvalue weighted by molar-refractivity contribution is -0.140. The number of anilines is 1. The van der Waals surface area contributed by atoms with E-state index in [1.807, 2.05) is 63.2 Å². The summed E-state index contributed by atoms with van der Waals surface area (Å²) in [6.07, 6.45) is 1.07. The van der Waals surface area contributed by atoms with Crippen molar-refractivity contribution in [3.05, 3.63) is 114 Å².